The topological polar surface area (TPSA) is 99.8 Å². The molecule has 0 spiro atoms. The van der Waals surface area contributed by atoms with Gasteiger partial charge in [-0.25, -0.2) is 4.99 Å². The minimum absolute atomic E-state index is 0. The van der Waals surface area contributed by atoms with Crippen molar-refractivity contribution in [2.24, 2.45) is 10.7 Å². The number of guanidine groups is 1. The van der Waals surface area contributed by atoms with E-state index in [4.69, 9.17) is 28.9 Å². The highest BCUT2D eigenvalue weighted by molar-refractivity contribution is 14.0. The van der Waals surface area contributed by atoms with Crippen molar-refractivity contribution in [2.75, 3.05) is 19.6 Å². The molecule has 0 aromatic heterocycles. The molecule has 2 aromatic rings. The van der Waals surface area contributed by atoms with E-state index in [0.717, 1.165) is 11.1 Å². The third kappa shape index (κ3) is 6.98. The van der Waals surface area contributed by atoms with Crippen molar-refractivity contribution in [3.8, 4) is 0 Å². The lowest BCUT2D eigenvalue weighted by Crippen LogP contribution is -2.49. The monoisotopic (exact) mass is 575 g/mol. The molecule has 1 heterocycles. The van der Waals surface area contributed by atoms with Crippen LogP contribution in [0.25, 0.3) is 0 Å². The number of nitrogens with one attached hydrogen (secondary N) is 2. The van der Waals surface area contributed by atoms with Gasteiger partial charge in [-0.05, 0) is 42.3 Å². The summed E-state index contributed by atoms with van der Waals surface area (Å²) in [6, 6.07) is 12.3. The Kier molecular flexibility index (Phi) is 9.39. The van der Waals surface area contributed by atoms with Crippen LogP contribution < -0.4 is 16.4 Å². The Morgan fingerprint density at radius 1 is 1.26 bits per heavy atom. The molecular formula is C21H24Cl2IN5O2. The number of hydrogen-bond acceptors (Lipinski definition) is 3. The third-order valence-electron chi connectivity index (χ3n) is 4.75. The lowest BCUT2D eigenvalue weighted by molar-refractivity contribution is -0.123. The van der Waals surface area contributed by atoms with Gasteiger partial charge in [0.05, 0.1) is 19.1 Å². The van der Waals surface area contributed by atoms with E-state index < -0.39 is 0 Å². The number of aliphatic imine (C=N–C) groups is 1. The van der Waals surface area contributed by atoms with E-state index in [-0.39, 0.29) is 54.3 Å². The van der Waals surface area contributed by atoms with Crippen LogP contribution in [0.4, 0.5) is 0 Å². The van der Waals surface area contributed by atoms with Crippen molar-refractivity contribution < 1.29 is 9.59 Å². The highest BCUT2D eigenvalue weighted by Gasteiger charge is 2.22. The smallest absolute Gasteiger partial charge is 0.254 e. The highest BCUT2D eigenvalue weighted by atomic mass is 127. The van der Waals surface area contributed by atoms with E-state index in [0.29, 0.717) is 35.2 Å². The summed E-state index contributed by atoms with van der Waals surface area (Å²) in [7, 11) is 0. The number of benzene rings is 2. The zero-order valence-corrected chi connectivity index (χ0v) is 20.7. The summed E-state index contributed by atoms with van der Waals surface area (Å²) in [5, 5.41) is 6.94. The van der Waals surface area contributed by atoms with E-state index in [2.05, 4.69) is 15.6 Å². The van der Waals surface area contributed by atoms with Gasteiger partial charge in [-0.15, -0.1) is 24.0 Å². The maximum atomic E-state index is 12.5. The van der Waals surface area contributed by atoms with Crippen LogP contribution >= 0.6 is 47.2 Å². The fourth-order valence-electron chi connectivity index (χ4n) is 3.12. The lowest BCUT2D eigenvalue weighted by atomic mass is 10.1. The second-order valence-corrected chi connectivity index (χ2v) is 7.85. The van der Waals surface area contributed by atoms with Gasteiger partial charge in [0.25, 0.3) is 5.91 Å². The molecule has 1 atom stereocenters. The Labute approximate surface area is 208 Å². The fraction of sp³-hybridized carbons (Fsp3) is 0.286. The molecule has 1 aliphatic heterocycles. The van der Waals surface area contributed by atoms with Gasteiger partial charge in [-0.2, -0.15) is 0 Å². The average Bonchev–Trinajstić information content (AvgIpc) is 2.72. The summed E-state index contributed by atoms with van der Waals surface area (Å²) in [5.74, 6) is -0.0135. The van der Waals surface area contributed by atoms with Crippen LogP contribution in [0, 0.1) is 0 Å². The minimum atomic E-state index is -0.158. The average molecular weight is 576 g/mol. The van der Waals surface area contributed by atoms with Crippen molar-refractivity contribution in [3.05, 3.63) is 69.2 Å². The molecule has 166 valence electrons. The summed E-state index contributed by atoms with van der Waals surface area (Å²) in [4.78, 5) is 29.8. The molecule has 4 N–H and O–H groups in total. The molecule has 7 nitrogen and oxygen atoms in total. The molecule has 0 bridgehead atoms. The maximum absolute atomic E-state index is 12.5. The quantitative estimate of drug-likeness (QED) is 0.289. The Hall–Kier alpha value is -2.04. The van der Waals surface area contributed by atoms with Crippen molar-refractivity contribution in [1.82, 2.24) is 15.5 Å². The van der Waals surface area contributed by atoms with Gasteiger partial charge in [-0.1, -0.05) is 41.4 Å². The molecule has 3 rings (SSSR count). The molecule has 1 fully saturated rings. The first kappa shape index (κ1) is 25.2. The Balaban J connectivity index is 0.00000341. The number of nitrogens with two attached hydrogens (primary N) is 1. The summed E-state index contributed by atoms with van der Waals surface area (Å²) in [6.07, 6.45) is 0. The van der Waals surface area contributed by atoms with Crippen molar-refractivity contribution in [1.29, 1.82) is 0 Å². The predicted molar refractivity (Wildman–Crippen MR) is 134 cm³/mol. The minimum Gasteiger partial charge on any atom is -0.370 e. The Morgan fingerprint density at radius 2 is 1.97 bits per heavy atom. The summed E-state index contributed by atoms with van der Waals surface area (Å²) in [6.45, 7) is 3.36. The number of carbonyl (C=O) groups excluding carboxylic acids is 2. The normalized spacial score (nSPS) is 15.0. The Morgan fingerprint density at radius 3 is 2.61 bits per heavy atom. The summed E-state index contributed by atoms with van der Waals surface area (Å²) >= 11 is 12.2. The molecular weight excluding hydrogens is 552 g/mol. The number of piperazine rings is 1. The van der Waals surface area contributed by atoms with Crippen LogP contribution in [-0.2, 0) is 11.3 Å². The molecule has 0 saturated carbocycles. The van der Waals surface area contributed by atoms with Crippen molar-refractivity contribution >= 4 is 65.0 Å². The predicted octanol–water partition coefficient (Wildman–Crippen LogP) is 3.35. The van der Waals surface area contributed by atoms with Crippen LogP contribution in [0.5, 0.6) is 0 Å². The first-order valence-corrected chi connectivity index (χ1v) is 10.3. The van der Waals surface area contributed by atoms with Crippen LogP contribution in [0.15, 0.2) is 47.5 Å². The largest absolute Gasteiger partial charge is 0.370 e. The molecule has 0 aliphatic carbocycles. The number of amides is 2. The van der Waals surface area contributed by atoms with Gasteiger partial charge in [0.1, 0.15) is 0 Å². The van der Waals surface area contributed by atoms with E-state index >= 15 is 0 Å². The third-order valence-corrected chi connectivity index (χ3v) is 5.31. The highest BCUT2D eigenvalue weighted by Crippen LogP contribution is 2.25. The molecule has 1 saturated heterocycles. The number of nitrogens with zero attached hydrogens (tertiary/aromatic N) is 2. The molecule has 1 unspecified atom stereocenters. The first-order chi connectivity index (χ1) is 14.3. The van der Waals surface area contributed by atoms with Crippen LogP contribution in [0.1, 0.15) is 34.5 Å². The van der Waals surface area contributed by atoms with Gasteiger partial charge in [0, 0.05) is 28.7 Å². The molecule has 10 heteroatoms. The van der Waals surface area contributed by atoms with Gasteiger partial charge in [-0.3, -0.25) is 9.59 Å². The fourth-order valence-corrected chi connectivity index (χ4v) is 3.69. The maximum Gasteiger partial charge on any atom is 0.254 e. The van der Waals surface area contributed by atoms with Crippen molar-refractivity contribution in [3.63, 3.8) is 0 Å². The number of carbonyl (C=O) groups is 2. The van der Waals surface area contributed by atoms with E-state index in [1.54, 1.807) is 24.3 Å². The molecule has 2 aromatic carbocycles. The molecule has 31 heavy (non-hydrogen) atoms. The van der Waals surface area contributed by atoms with Crippen LogP contribution in [-0.4, -0.2) is 42.3 Å². The lowest BCUT2D eigenvalue weighted by Gasteiger charge is -2.26. The van der Waals surface area contributed by atoms with Gasteiger partial charge in [0.15, 0.2) is 5.96 Å². The zero-order valence-electron chi connectivity index (χ0n) is 16.9. The van der Waals surface area contributed by atoms with Crippen molar-refractivity contribution in [2.45, 2.75) is 19.5 Å². The van der Waals surface area contributed by atoms with Gasteiger partial charge >= 0.3 is 0 Å². The van der Waals surface area contributed by atoms with Gasteiger partial charge < -0.3 is 21.3 Å². The van der Waals surface area contributed by atoms with E-state index in [1.165, 1.54) is 4.90 Å². The summed E-state index contributed by atoms with van der Waals surface area (Å²) in [5.41, 5.74) is 8.31. The van der Waals surface area contributed by atoms with Crippen LogP contribution in [0.3, 0.4) is 0 Å². The first-order valence-electron chi connectivity index (χ1n) is 9.50. The van der Waals surface area contributed by atoms with Gasteiger partial charge in [0.2, 0.25) is 5.91 Å². The number of halogens is 3. The molecule has 0 radical (unpaired) electrons. The standard InChI is InChI=1S/C21H23Cl2N5O2.HI/c1-13(17-7-6-16(22)10-18(17)23)27-21(24)26-11-14-2-4-15(5-3-14)20(30)28-9-8-25-19(29)12-28;/h2-7,10,13H,8-9,11-12H2,1H3,(H,25,29)(H3,24,26,27);1H. The molecule has 1 aliphatic rings. The zero-order chi connectivity index (χ0) is 21.7. The second kappa shape index (κ2) is 11.5. The second-order valence-electron chi connectivity index (χ2n) is 7.01. The SMILES string of the molecule is CC(NC(N)=NCc1ccc(C(=O)N2CCNC(=O)C2)cc1)c1ccc(Cl)cc1Cl.I. The molecule has 2 amide bonds. The number of rotatable bonds is 5. The Bertz CT molecular complexity index is 969. The van der Waals surface area contributed by atoms with E-state index in [9.17, 15) is 9.59 Å². The number of hydrogen-bond donors (Lipinski definition) is 3. The summed E-state index contributed by atoms with van der Waals surface area (Å²) < 4.78 is 0. The van der Waals surface area contributed by atoms with E-state index in [1.807, 2.05) is 25.1 Å². The van der Waals surface area contributed by atoms with Crippen LogP contribution in [0.2, 0.25) is 10.0 Å².